The first-order chi connectivity index (χ1) is 7.74. The molecule has 1 aliphatic carbocycles. The molecule has 0 aromatic heterocycles. The zero-order valence-electron chi connectivity index (χ0n) is 10.7. The van der Waals surface area contributed by atoms with Gasteiger partial charge in [0.2, 0.25) is 0 Å². The van der Waals surface area contributed by atoms with E-state index in [2.05, 4.69) is 18.7 Å². The Morgan fingerprint density at radius 2 is 1.81 bits per heavy atom. The third-order valence-corrected chi connectivity index (χ3v) is 3.89. The predicted octanol–water partition coefficient (Wildman–Crippen LogP) is 1.77. The number of hydrogen-bond donors (Lipinski definition) is 2. The summed E-state index contributed by atoms with van der Waals surface area (Å²) in [5.41, 5.74) is 0. The summed E-state index contributed by atoms with van der Waals surface area (Å²) < 4.78 is 0. The number of hydrogen-bond acceptors (Lipinski definition) is 3. The van der Waals surface area contributed by atoms with Crippen molar-refractivity contribution in [2.45, 2.75) is 70.6 Å². The molecule has 1 rings (SSSR count). The maximum atomic E-state index is 10.1. The molecule has 1 aliphatic rings. The van der Waals surface area contributed by atoms with Crippen LogP contribution < -0.4 is 0 Å². The van der Waals surface area contributed by atoms with E-state index in [-0.39, 0.29) is 18.8 Å². The van der Waals surface area contributed by atoms with Crippen molar-refractivity contribution in [3.8, 4) is 0 Å². The van der Waals surface area contributed by atoms with Crippen LogP contribution in [0.4, 0.5) is 0 Å². The SMILES string of the molecule is CCC(CC)N(CCO)[C@H]1CCCC[C@@H]1O. The third-order valence-electron chi connectivity index (χ3n) is 3.89. The Balaban J connectivity index is 2.65. The van der Waals surface area contributed by atoms with Gasteiger partial charge in [-0.05, 0) is 25.7 Å². The standard InChI is InChI=1S/C13H27NO2/c1-3-11(4-2)14(9-10-15)12-7-5-6-8-13(12)16/h11-13,15-16H,3-10H2,1-2H3/t12-,13-/m0/s1. The van der Waals surface area contributed by atoms with E-state index < -0.39 is 0 Å². The van der Waals surface area contributed by atoms with E-state index in [1.807, 2.05) is 0 Å². The van der Waals surface area contributed by atoms with Crippen molar-refractivity contribution in [2.75, 3.05) is 13.2 Å². The van der Waals surface area contributed by atoms with Crippen LogP contribution in [0.2, 0.25) is 0 Å². The minimum atomic E-state index is -0.194. The Bertz CT molecular complexity index is 183. The molecule has 0 aromatic carbocycles. The van der Waals surface area contributed by atoms with Crippen LogP contribution in [0.15, 0.2) is 0 Å². The number of rotatable bonds is 6. The molecule has 1 fully saturated rings. The van der Waals surface area contributed by atoms with Gasteiger partial charge in [-0.1, -0.05) is 26.7 Å². The number of aliphatic hydroxyl groups excluding tert-OH is 2. The molecule has 3 nitrogen and oxygen atoms in total. The van der Waals surface area contributed by atoms with Crippen molar-refractivity contribution in [1.29, 1.82) is 0 Å². The topological polar surface area (TPSA) is 43.7 Å². The summed E-state index contributed by atoms with van der Waals surface area (Å²) in [6, 6.07) is 0.774. The van der Waals surface area contributed by atoms with Crippen LogP contribution in [0, 0.1) is 0 Å². The average Bonchev–Trinajstić information content (AvgIpc) is 2.30. The van der Waals surface area contributed by atoms with Gasteiger partial charge in [0, 0.05) is 18.6 Å². The van der Waals surface area contributed by atoms with Crippen molar-refractivity contribution in [3.05, 3.63) is 0 Å². The van der Waals surface area contributed by atoms with Crippen LogP contribution in [0.3, 0.4) is 0 Å². The Hall–Kier alpha value is -0.120. The summed E-state index contributed by atoms with van der Waals surface area (Å²) in [5, 5.41) is 19.3. The van der Waals surface area contributed by atoms with Crippen molar-refractivity contribution >= 4 is 0 Å². The van der Waals surface area contributed by atoms with Gasteiger partial charge < -0.3 is 10.2 Å². The van der Waals surface area contributed by atoms with Crippen molar-refractivity contribution < 1.29 is 10.2 Å². The van der Waals surface area contributed by atoms with Crippen LogP contribution in [-0.4, -0.2) is 46.5 Å². The highest BCUT2D eigenvalue weighted by Crippen LogP contribution is 2.26. The van der Waals surface area contributed by atoms with E-state index in [0.717, 1.165) is 32.1 Å². The Labute approximate surface area is 99.5 Å². The van der Waals surface area contributed by atoms with Gasteiger partial charge in [0.25, 0.3) is 0 Å². The van der Waals surface area contributed by atoms with E-state index >= 15 is 0 Å². The highest BCUT2D eigenvalue weighted by Gasteiger charge is 2.31. The van der Waals surface area contributed by atoms with Gasteiger partial charge in [-0.3, -0.25) is 4.90 Å². The normalized spacial score (nSPS) is 26.6. The molecular weight excluding hydrogens is 202 g/mol. The van der Waals surface area contributed by atoms with E-state index in [1.54, 1.807) is 0 Å². The fourth-order valence-corrected chi connectivity index (χ4v) is 2.97. The van der Waals surface area contributed by atoms with Crippen LogP contribution >= 0.6 is 0 Å². The molecule has 0 heterocycles. The maximum absolute atomic E-state index is 10.1. The minimum absolute atomic E-state index is 0.194. The van der Waals surface area contributed by atoms with E-state index in [9.17, 15) is 10.2 Å². The lowest BCUT2D eigenvalue weighted by Crippen LogP contribution is -2.51. The second kappa shape index (κ2) is 7.25. The first-order valence-corrected chi connectivity index (χ1v) is 6.79. The third kappa shape index (κ3) is 3.44. The van der Waals surface area contributed by atoms with E-state index in [0.29, 0.717) is 12.6 Å². The highest BCUT2D eigenvalue weighted by atomic mass is 16.3. The maximum Gasteiger partial charge on any atom is 0.0695 e. The summed E-state index contributed by atoms with van der Waals surface area (Å²) >= 11 is 0. The monoisotopic (exact) mass is 229 g/mol. The van der Waals surface area contributed by atoms with E-state index in [1.165, 1.54) is 6.42 Å². The van der Waals surface area contributed by atoms with Crippen molar-refractivity contribution in [2.24, 2.45) is 0 Å². The van der Waals surface area contributed by atoms with Gasteiger partial charge in [-0.15, -0.1) is 0 Å². The van der Waals surface area contributed by atoms with Gasteiger partial charge >= 0.3 is 0 Å². The largest absolute Gasteiger partial charge is 0.395 e. The molecule has 0 aliphatic heterocycles. The zero-order chi connectivity index (χ0) is 12.0. The Kier molecular flexibility index (Phi) is 6.32. The Morgan fingerprint density at radius 1 is 1.19 bits per heavy atom. The molecule has 3 heteroatoms. The second-order valence-corrected chi connectivity index (χ2v) is 4.85. The molecule has 2 N–H and O–H groups in total. The molecule has 1 saturated carbocycles. The van der Waals surface area contributed by atoms with Crippen LogP contribution in [-0.2, 0) is 0 Å². The number of nitrogens with zero attached hydrogens (tertiary/aromatic N) is 1. The van der Waals surface area contributed by atoms with E-state index in [4.69, 9.17) is 0 Å². The van der Waals surface area contributed by atoms with Crippen LogP contribution in [0.1, 0.15) is 52.4 Å². The minimum Gasteiger partial charge on any atom is -0.395 e. The molecule has 0 saturated heterocycles. The molecule has 0 spiro atoms. The zero-order valence-corrected chi connectivity index (χ0v) is 10.7. The number of aliphatic hydroxyl groups is 2. The van der Waals surface area contributed by atoms with Gasteiger partial charge in [-0.25, -0.2) is 0 Å². The van der Waals surface area contributed by atoms with Crippen LogP contribution in [0.25, 0.3) is 0 Å². The average molecular weight is 229 g/mol. The molecule has 96 valence electrons. The van der Waals surface area contributed by atoms with Gasteiger partial charge in [0.15, 0.2) is 0 Å². The Morgan fingerprint density at radius 3 is 2.31 bits per heavy atom. The van der Waals surface area contributed by atoms with Crippen molar-refractivity contribution in [1.82, 2.24) is 4.90 Å². The highest BCUT2D eigenvalue weighted by molar-refractivity contribution is 4.86. The quantitative estimate of drug-likeness (QED) is 0.729. The van der Waals surface area contributed by atoms with Gasteiger partial charge in [0.05, 0.1) is 12.7 Å². The molecule has 0 amide bonds. The molecule has 2 atom stereocenters. The lowest BCUT2D eigenvalue weighted by Gasteiger charge is -2.41. The first kappa shape index (κ1) is 13.9. The second-order valence-electron chi connectivity index (χ2n) is 4.85. The fraction of sp³-hybridized carbons (Fsp3) is 1.00. The molecule has 0 bridgehead atoms. The fourth-order valence-electron chi connectivity index (χ4n) is 2.97. The van der Waals surface area contributed by atoms with Crippen molar-refractivity contribution in [3.63, 3.8) is 0 Å². The molecule has 0 unspecified atom stereocenters. The summed E-state index contributed by atoms with van der Waals surface area (Å²) in [6.45, 7) is 5.27. The summed E-state index contributed by atoms with van der Waals surface area (Å²) in [7, 11) is 0. The summed E-state index contributed by atoms with van der Waals surface area (Å²) in [4.78, 5) is 2.34. The van der Waals surface area contributed by atoms with Gasteiger partial charge in [-0.2, -0.15) is 0 Å². The predicted molar refractivity (Wildman–Crippen MR) is 66.4 cm³/mol. The smallest absolute Gasteiger partial charge is 0.0695 e. The molecule has 0 radical (unpaired) electrons. The van der Waals surface area contributed by atoms with Gasteiger partial charge in [0.1, 0.15) is 0 Å². The summed E-state index contributed by atoms with van der Waals surface area (Å²) in [6.07, 6.45) is 6.36. The molecule has 16 heavy (non-hydrogen) atoms. The van der Waals surface area contributed by atoms with Crippen LogP contribution in [0.5, 0.6) is 0 Å². The molecule has 0 aromatic rings. The molecular formula is C13H27NO2. The lowest BCUT2D eigenvalue weighted by molar-refractivity contribution is -0.0109. The first-order valence-electron chi connectivity index (χ1n) is 6.79. The summed E-state index contributed by atoms with van der Waals surface area (Å²) in [5.74, 6) is 0. The lowest BCUT2D eigenvalue weighted by atomic mass is 9.89.